The van der Waals surface area contributed by atoms with Crippen molar-refractivity contribution in [2.45, 2.75) is 45.4 Å². The van der Waals surface area contributed by atoms with Gasteiger partial charge in [0.25, 0.3) is 0 Å². The molecule has 6 nitrogen and oxygen atoms in total. The lowest BCUT2D eigenvalue weighted by Gasteiger charge is -2.37. The number of carboxylic acid groups (broad SMARTS) is 1. The number of nitrogens with one attached hydrogen (secondary N) is 1. The molecule has 1 heterocycles. The van der Waals surface area contributed by atoms with E-state index in [0.717, 1.165) is 0 Å². The zero-order valence-electron chi connectivity index (χ0n) is 10.5. The Kier molecular flexibility index (Phi) is 4.74. The van der Waals surface area contributed by atoms with Crippen LogP contribution in [-0.2, 0) is 9.53 Å². The summed E-state index contributed by atoms with van der Waals surface area (Å²) in [4.78, 5) is 24.4. The van der Waals surface area contributed by atoms with Gasteiger partial charge in [0.15, 0.2) is 0 Å². The number of carbonyl (C=O) groups is 2. The van der Waals surface area contributed by atoms with Crippen LogP contribution < -0.4 is 5.32 Å². The van der Waals surface area contributed by atoms with Gasteiger partial charge in [-0.05, 0) is 20.3 Å². The molecule has 0 aromatic rings. The zero-order valence-corrected chi connectivity index (χ0v) is 10.5. The molecular weight excluding hydrogens is 224 g/mol. The van der Waals surface area contributed by atoms with E-state index >= 15 is 0 Å². The number of aliphatic carboxylic acids is 1. The smallest absolute Gasteiger partial charge is 0.326 e. The molecule has 1 aliphatic rings. The van der Waals surface area contributed by atoms with Gasteiger partial charge >= 0.3 is 12.0 Å². The molecule has 0 saturated carbocycles. The lowest BCUT2D eigenvalue weighted by Crippen LogP contribution is -2.56. The van der Waals surface area contributed by atoms with Crippen LogP contribution in [0.5, 0.6) is 0 Å². The molecule has 1 fully saturated rings. The Balaban J connectivity index is 2.59. The molecule has 0 aliphatic carbocycles. The van der Waals surface area contributed by atoms with E-state index in [4.69, 9.17) is 9.84 Å². The van der Waals surface area contributed by atoms with Gasteiger partial charge in [-0.1, -0.05) is 6.92 Å². The predicted octanol–water partition coefficient (Wildman–Crippen LogP) is 0.668. The van der Waals surface area contributed by atoms with E-state index in [9.17, 15) is 9.59 Å². The van der Waals surface area contributed by atoms with Crippen molar-refractivity contribution in [1.82, 2.24) is 10.2 Å². The summed E-state index contributed by atoms with van der Waals surface area (Å²) in [5.74, 6) is -1.00. The van der Waals surface area contributed by atoms with Crippen molar-refractivity contribution in [1.29, 1.82) is 0 Å². The van der Waals surface area contributed by atoms with Gasteiger partial charge in [0, 0.05) is 6.54 Å². The number of carbonyl (C=O) groups excluding carboxylic acids is 1. The number of ether oxygens (including phenoxy) is 1. The topological polar surface area (TPSA) is 78.9 Å². The number of morpholine rings is 1. The van der Waals surface area contributed by atoms with Crippen LogP contribution in [0.4, 0.5) is 4.79 Å². The molecule has 0 aromatic carbocycles. The molecule has 2 unspecified atom stereocenters. The largest absolute Gasteiger partial charge is 0.480 e. The maximum atomic E-state index is 11.9. The van der Waals surface area contributed by atoms with Crippen molar-refractivity contribution in [3.63, 3.8) is 0 Å². The first-order chi connectivity index (χ1) is 7.95. The molecule has 1 saturated heterocycles. The van der Waals surface area contributed by atoms with E-state index in [1.807, 2.05) is 13.8 Å². The van der Waals surface area contributed by atoms with Crippen LogP contribution in [0.25, 0.3) is 0 Å². The molecule has 0 spiro atoms. The van der Waals surface area contributed by atoms with Crippen LogP contribution in [0, 0.1) is 0 Å². The molecular formula is C11H20N2O4. The second kappa shape index (κ2) is 5.86. The van der Waals surface area contributed by atoms with Gasteiger partial charge in [-0.25, -0.2) is 9.59 Å². The molecule has 0 radical (unpaired) electrons. The summed E-state index contributed by atoms with van der Waals surface area (Å²) in [7, 11) is 0. The van der Waals surface area contributed by atoms with Crippen LogP contribution in [0.1, 0.15) is 27.2 Å². The summed E-state index contributed by atoms with van der Waals surface area (Å²) in [6.07, 6.45) is 0.358. The predicted molar refractivity (Wildman–Crippen MR) is 61.8 cm³/mol. The molecule has 17 heavy (non-hydrogen) atoms. The van der Waals surface area contributed by atoms with E-state index in [1.165, 1.54) is 0 Å². The molecule has 1 aliphatic heterocycles. The van der Waals surface area contributed by atoms with Gasteiger partial charge in [-0.15, -0.1) is 0 Å². The highest BCUT2D eigenvalue weighted by atomic mass is 16.5. The monoisotopic (exact) mass is 244 g/mol. The third kappa shape index (κ3) is 3.59. The van der Waals surface area contributed by atoms with Gasteiger partial charge in [0.2, 0.25) is 0 Å². The van der Waals surface area contributed by atoms with Crippen LogP contribution in [0.15, 0.2) is 0 Å². The summed E-state index contributed by atoms with van der Waals surface area (Å²) < 4.78 is 5.41. The summed E-state index contributed by atoms with van der Waals surface area (Å²) in [5, 5.41) is 11.4. The van der Waals surface area contributed by atoms with Crippen LogP contribution in [-0.4, -0.2) is 53.3 Å². The molecule has 2 amide bonds. The quantitative estimate of drug-likeness (QED) is 0.764. The molecule has 0 bridgehead atoms. The zero-order chi connectivity index (χ0) is 13.0. The lowest BCUT2D eigenvalue weighted by molar-refractivity contribution is -0.139. The van der Waals surface area contributed by atoms with Crippen LogP contribution in [0.3, 0.4) is 0 Å². The van der Waals surface area contributed by atoms with Crippen molar-refractivity contribution in [2.24, 2.45) is 0 Å². The number of amides is 2. The average molecular weight is 244 g/mol. The van der Waals surface area contributed by atoms with Crippen LogP contribution in [0.2, 0.25) is 0 Å². The third-order valence-electron chi connectivity index (χ3n) is 2.87. The second-order valence-electron chi connectivity index (χ2n) is 4.39. The Morgan fingerprint density at radius 2 is 2.18 bits per heavy atom. The van der Waals surface area contributed by atoms with Crippen molar-refractivity contribution >= 4 is 12.0 Å². The Labute approximate surface area is 101 Å². The summed E-state index contributed by atoms with van der Waals surface area (Å²) in [6, 6.07) is -1.19. The van der Waals surface area contributed by atoms with Crippen LogP contribution >= 0.6 is 0 Å². The Hall–Kier alpha value is -1.30. The minimum atomic E-state index is -1.00. The molecule has 0 aromatic heterocycles. The molecule has 98 valence electrons. The number of carboxylic acids is 1. The van der Waals surface area contributed by atoms with E-state index < -0.39 is 12.0 Å². The van der Waals surface area contributed by atoms with E-state index in [0.29, 0.717) is 19.6 Å². The number of hydrogen-bond acceptors (Lipinski definition) is 3. The number of nitrogens with zero attached hydrogens (tertiary/aromatic N) is 1. The minimum absolute atomic E-state index is 0.0122. The SMILES string of the molecule is CC[C@@H](NC(=O)N1CC(C)OCC1C)C(=O)O. The first kappa shape index (κ1) is 13.8. The average Bonchev–Trinajstić information content (AvgIpc) is 2.28. The van der Waals surface area contributed by atoms with Gasteiger partial charge < -0.3 is 20.1 Å². The molecule has 3 atom stereocenters. The molecule has 1 rings (SSSR count). The normalized spacial score (nSPS) is 26.4. The van der Waals surface area contributed by atoms with Gasteiger partial charge in [0.05, 0.1) is 18.8 Å². The van der Waals surface area contributed by atoms with E-state index in [-0.39, 0.29) is 18.2 Å². The molecule has 2 N–H and O–H groups in total. The summed E-state index contributed by atoms with van der Waals surface area (Å²) in [5.41, 5.74) is 0. The first-order valence-corrected chi connectivity index (χ1v) is 5.87. The highest BCUT2D eigenvalue weighted by Crippen LogP contribution is 2.11. The number of urea groups is 1. The fourth-order valence-electron chi connectivity index (χ4n) is 1.76. The van der Waals surface area contributed by atoms with Gasteiger partial charge in [-0.2, -0.15) is 0 Å². The Morgan fingerprint density at radius 3 is 2.71 bits per heavy atom. The Bertz CT molecular complexity index is 295. The van der Waals surface area contributed by atoms with Crippen molar-refractivity contribution in [3.8, 4) is 0 Å². The van der Waals surface area contributed by atoms with Crippen molar-refractivity contribution in [3.05, 3.63) is 0 Å². The highest BCUT2D eigenvalue weighted by molar-refractivity contribution is 5.82. The molecule has 6 heteroatoms. The van der Waals surface area contributed by atoms with E-state index in [1.54, 1.807) is 11.8 Å². The fraction of sp³-hybridized carbons (Fsp3) is 0.818. The number of rotatable bonds is 3. The Morgan fingerprint density at radius 1 is 1.53 bits per heavy atom. The van der Waals surface area contributed by atoms with E-state index in [2.05, 4.69) is 5.32 Å². The standard InChI is InChI=1S/C11H20N2O4/c1-4-9(10(14)15)12-11(16)13-5-8(3)17-6-7(13)2/h7-9H,4-6H2,1-3H3,(H,12,16)(H,14,15)/t7?,8?,9-/m1/s1. The maximum absolute atomic E-state index is 11.9. The highest BCUT2D eigenvalue weighted by Gasteiger charge is 2.29. The van der Waals surface area contributed by atoms with Crippen molar-refractivity contribution < 1.29 is 19.4 Å². The summed E-state index contributed by atoms with van der Waals surface area (Å²) in [6.45, 7) is 6.47. The van der Waals surface area contributed by atoms with Gasteiger partial charge in [0.1, 0.15) is 6.04 Å². The number of hydrogen-bond donors (Lipinski definition) is 2. The minimum Gasteiger partial charge on any atom is -0.480 e. The lowest BCUT2D eigenvalue weighted by atomic mass is 10.2. The summed E-state index contributed by atoms with van der Waals surface area (Å²) >= 11 is 0. The first-order valence-electron chi connectivity index (χ1n) is 5.87. The second-order valence-corrected chi connectivity index (χ2v) is 4.39. The maximum Gasteiger partial charge on any atom is 0.326 e. The fourth-order valence-corrected chi connectivity index (χ4v) is 1.76. The van der Waals surface area contributed by atoms with Crippen molar-refractivity contribution in [2.75, 3.05) is 13.2 Å². The third-order valence-corrected chi connectivity index (χ3v) is 2.87. The van der Waals surface area contributed by atoms with Gasteiger partial charge in [-0.3, -0.25) is 0 Å².